The molecule has 1 aliphatic heterocycles. The normalized spacial score (nSPS) is 17.7. The van der Waals surface area contributed by atoms with Crippen molar-refractivity contribution in [1.29, 1.82) is 0 Å². The lowest BCUT2D eigenvalue weighted by Gasteiger charge is -2.26. The van der Waals surface area contributed by atoms with Crippen molar-refractivity contribution in [1.82, 2.24) is 19.6 Å². The van der Waals surface area contributed by atoms with Crippen molar-refractivity contribution < 1.29 is 0 Å². The van der Waals surface area contributed by atoms with Crippen LogP contribution in [0.15, 0.2) is 24.4 Å². The highest BCUT2D eigenvalue weighted by Gasteiger charge is 2.14. The Bertz CT molecular complexity index is 516. The lowest BCUT2D eigenvalue weighted by molar-refractivity contribution is 0.232. The maximum atomic E-state index is 6.12. The number of rotatable bonds is 2. The zero-order valence-electron chi connectivity index (χ0n) is 9.56. The zero-order chi connectivity index (χ0) is 11.7. The molecule has 17 heavy (non-hydrogen) atoms. The Morgan fingerprint density at radius 1 is 1.29 bits per heavy atom. The third-order valence-corrected chi connectivity index (χ3v) is 3.43. The third-order valence-electron chi connectivity index (χ3n) is 3.16. The average molecular weight is 251 g/mol. The molecular formula is C12H15ClN4. The van der Waals surface area contributed by atoms with Crippen LogP contribution < -0.4 is 5.32 Å². The smallest absolute Gasteiger partial charge is 0.207 e. The minimum absolute atomic E-state index is 0.547. The van der Waals surface area contributed by atoms with Gasteiger partial charge in [-0.3, -0.25) is 9.30 Å². The SMILES string of the molecule is Clc1nc(CN2CCNCC2)c2ccccn12. The summed E-state index contributed by atoms with van der Waals surface area (Å²) >= 11 is 6.12. The summed E-state index contributed by atoms with van der Waals surface area (Å²) in [7, 11) is 0. The zero-order valence-corrected chi connectivity index (χ0v) is 10.3. The average Bonchev–Trinajstić information content (AvgIpc) is 2.69. The van der Waals surface area contributed by atoms with Crippen LogP contribution in [0.25, 0.3) is 5.52 Å². The van der Waals surface area contributed by atoms with Crippen LogP contribution in [0.2, 0.25) is 5.28 Å². The number of piperazine rings is 1. The van der Waals surface area contributed by atoms with E-state index in [0.717, 1.165) is 43.9 Å². The predicted molar refractivity (Wildman–Crippen MR) is 68.3 cm³/mol. The summed E-state index contributed by atoms with van der Waals surface area (Å²) in [5, 5.41) is 3.90. The minimum atomic E-state index is 0.547. The van der Waals surface area contributed by atoms with Gasteiger partial charge in [-0.1, -0.05) is 6.07 Å². The molecule has 0 saturated carbocycles. The van der Waals surface area contributed by atoms with Crippen molar-refractivity contribution in [3.63, 3.8) is 0 Å². The third kappa shape index (κ3) is 2.16. The first-order valence-electron chi connectivity index (χ1n) is 5.89. The summed E-state index contributed by atoms with van der Waals surface area (Å²) in [6, 6.07) is 6.06. The molecule has 0 unspecified atom stereocenters. The Balaban J connectivity index is 1.89. The van der Waals surface area contributed by atoms with Gasteiger partial charge in [0.25, 0.3) is 0 Å². The molecule has 1 N–H and O–H groups in total. The fourth-order valence-corrected chi connectivity index (χ4v) is 2.51. The van der Waals surface area contributed by atoms with E-state index in [9.17, 15) is 0 Å². The number of imidazole rings is 1. The Kier molecular flexibility index (Phi) is 3.01. The molecule has 1 saturated heterocycles. The highest BCUT2D eigenvalue weighted by molar-refractivity contribution is 6.28. The van der Waals surface area contributed by atoms with Gasteiger partial charge in [0.2, 0.25) is 5.28 Å². The van der Waals surface area contributed by atoms with Gasteiger partial charge in [-0.2, -0.15) is 0 Å². The van der Waals surface area contributed by atoms with E-state index in [1.165, 1.54) is 0 Å². The van der Waals surface area contributed by atoms with Crippen LogP contribution in [0.5, 0.6) is 0 Å². The van der Waals surface area contributed by atoms with Gasteiger partial charge < -0.3 is 5.32 Å². The van der Waals surface area contributed by atoms with E-state index in [2.05, 4.69) is 21.3 Å². The predicted octanol–water partition coefficient (Wildman–Crippen LogP) is 1.39. The molecule has 0 aromatic carbocycles. The van der Waals surface area contributed by atoms with Crippen LogP contribution in [-0.2, 0) is 6.54 Å². The van der Waals surface area contributed by atoms with E-state index in [4.69, 9.17) is 11.6 Å². The summed E-state index contributed by atoms with van der Waals surface area (Å²) in [5.74, 6) is 0. The summed E-state index contributed by atoms with van der Waals surface area (Å²) in [6.07, 6.45) is 1.95. The molecule has 0 spiro atoms. The van der Waals surface area contributed by atoms with Gasteiger partial charge in [0.15, 0.2) is 0 Å². The van der Waals surface area contributed by atoms with Crippen molar-refractivity contribution in [2.24, 2.45) is 0 Å². The second-order valence-electron chi connectivity index (χ2n) is 4.31. The van der Waals surface area contributed by atoms with Crippen molar-refractivity contribution >= 4 is 17.1 Å². The Labute approximate surface area is 105 Å². The van der Waals surface area contributed by atoms with Crippen molar-refractivity contribution in [2.75, 3.05) is 26.2 Å². The molecule has 0 amide bonds. The standard InChI is InChI=1S/C12H15ClN4/c13-12-15-10(9-16-7-4-14-5-8-16)11-3-1-2-6-17(11)12/h1-3,6,14H,4-5,7-9H2. The largest absolute Gasteiger partial charge is 0.314 e. The first kappa shape index (κ1) is 11.0. The van der Waals surface area contributed by atoms with Crippen molar-refractivity contribution in [2.45, 2.75) is 6.54 Å². The summed E-state index contributed by atoms with van der Waals surface area (Å²) in [5.41, 5.74) is 2.17. The van der Waals surface area contributed by atoms with Crippen LogP contribution in [-0.4, -0.2) is 40.5 Å². The Morgan fingerprint density at radius 2 is 2.12 bits per heavy atom. The fourth-order valence-electron chi connectivity index (χ4n) is 2.26. The van der Waals surface area contributed by atoms with E-state index in [0.29, 0.717) is 5.28 Å². The number of halogens is 1. The second kappa shape index (κ2) is 4.64. The molecule has 2 aromatic rings. The van der Waals surface area contributed by atoms with Gasteiger partial charge in [0.05, 0.1) is 11.2 Å². The number of aromatic nitrogens is 2. The highest BCUT2D eigenvalue weighted by Crippen LogP contribution is 2.18. The molecule has 3 heterocycles. The highest BCUT2D eigenvalue weighted by atomic mass is 35.5. The number of nitrogens with zero attached hydrogens (tertiary/aromatic N) is 3. The lowest BCUT2D eigenvalue weighted by atomic mass is 10.3. The van der Waals surface area contributed by atoms with Crippen LogP contribution in [0.1, 0.15) is 5.69 Å². The number of hydrogen-bond acceptors (Lipinski definition) is 3. The number of hydrogen-bond donors (Lipinski definition) is 1. The van der Waals surface area contributed by atoms with E-state index in [1.54, 1.807) is 0 Å². The van der Waals surface area contributed by atoms with Crippen LogP contribution in [0, 0.1) is 0 Å². The molecular weight excluding hydrogens is 236 g/mol. The summed E-state index contributed by atoms with van der Waals surface area (Å²) < 4.78 is 1.93. The maximum Gasteiger partial charge on any atom is 0.207 e. The maximum absolute atomic E-state index is 6.12. The molecule has 1 fully saturated rings. The van der Waals surface area contributed by atoms with E-state index in [1.807, 2.05) is 22.7 Å². The Hall–Kier alpha value is -1.10. The minimum Gasteiger partial charge on any atom is -0.314 e. The number of fused-ring (bicyclic) bond motifs is 1. The summed E-state index contributed by atoms with van der Waals surface area (Å²) in [6.45, 7) is 5.13. The van der Waals surface area contributed by atoms with Crippen LogP contribution in [0.3, 0.4) is 0 Å². The molecule has 1 aliphatic rings. The van der Waals surface area contributed by atoms with Gasteiger partial charge in [-0.05, 0) is 23.7 Å². The molecule has 0 radical (unpaired) electrons. The van der Waals surface area contributed by atoms with Crippen LogP contribution >= 0.6 is 11.6 Å². The molecule has 0 aliphatic carbocycles. The fraction of sp³-hybridized carbons (Fsp3) is 0.417. The number of nitrogens with one attached hydrogen (secondary N) is 1. The topological polar surface area (TPSA) is 32.6 Å². The first-order valence-corrected chi connectivity index (χ1v) is 6.27. The monoisotopic (exact) mass is 250 g/mol. The molecule has 0 bridgehead atoms. The quantitative estimate of drug-likeness (QED) is 0.875. The Morgan fingerprint density at radius 3 is 2.94 bits per heavy atom. The lowest BCUT2D eigenvalue weighted by Crippen LogP contribution is -2.42. The molecule has 4 nitrogen and oxygen atoms in total. The second-order valence-corrected chi connectivity index (χ2v) is 4.65. The van der Waals surface area contributed by atoms with E-state index >= 15 is 0 Å². The van der Waals surface area contributed by atoms with Gasteiger partial charge in [0.1, 0.15) is 0 Å². The number of pyridine rings is 1. The molecule has 2 aromatic heterocycles. The van der Waals surface area contributed by atoms with Crippen molar-refractivity contribution in [3.05, 3.63) is 35.4 Å². The molecule has 3 rings (SSSR count). The van der Waals surface area contributed by atoms with E-state index in [-0.39, 0.29) is 0 Å². The van der Waals surface area contributed by atoms with Gasteiger partial charge in [-0.25, -0.2) is 4.98 Å². The van der Waals surface area contributed by atoms with Crippen molar-refractivity contribution in [3.8, 4) is 0 Å². The first-order chi connectivity index (χ1) is 8.34. The van der Waals surface area contributed by atoms with E-state index < -0.39 is 0 Å². The molecule has 0 atom stereocenters. The van der Waals surface area contributed by atoms with Gasteiger partial charge >= 0.3 is 0 Å². The molecule has 90 valence electrons. The van der Waals surface area contributed by atoms with Gasteiger partial charge in [-0.15, -0.1) is 0 Å². The van der Waals surface area contributed by atoms with Gasteiger partial charge in [0, 0.05) is 38.9 Å². The van der Waals surface area contributed by atoms with Crippen LogP contribution in [0.4, 0.5) is 0 Å². The molecule has 5 heteroatoms. The summed E-state index contributed by atoms with van der Waals surface area (Å²) in [4.78, 5) is 6.86.